The molecule has 0 saturated carbocycles. The van der Waals surface area contributed by atoms with Gasteiger partial charge in [0.2, 0.25) is 8.32 Å². The van der Waals surface area contributed by atoms with Crippen molar-refractivity contribution in [3.63, 3.8) is 0 Å². The first-order chi connectivity index (χ1) is 8.33. The first kappa shape index (κ1) is 17.9. The van der Waals surface area contributed by atoms with Crippen LogP contribution in [-0.2, 0) is 14.0 Å². The minimum Gasteiger partial charge on any atom is -0.518 e. The average molecular weight is 299 g/mol. The lowest BCUT2D eigenvalue weighted by molar-refractivity contribution is -0.175. The summed E-state index contributed by atoms with van der Waals surface area (Å²) in [4.78, 5) is 22.7. The Morgan fingerprint density at radius 2 is 1.68 bits per heavy atom. The Bertz CT molecular complexity index is 337. The third-order valence-electron chi connectivity index (χ3n) is 1.96. The smallest absolute Gasteiger partial charge is 0.471 e. The first-order valence-electron chi connectivity index (χ1n) is 5.93. The van der Waals surface area contributed by atoms with Gasteiger partial charge in [0.25, 0.3) is 0 Å². The van der Waals surface area contributed by atoms with E-state index in [-0.39, 0.29) is 12.3 Å². The fourth-order valence-corrected chi connectivity index (χ4v) is 2.04. The number of rotatable bonds is 5. The van der Waals surface area contributed by atoms with E-state index in [1.807, 2.05) is 0 Å². The monoisotopic (exact) mass is 299 g/mol. The highest BCUT2D eigenvalue weighted by molar-refractivity contribution is 6.71. The number of alkyl halides is 3. The van der Waals surface area contributed by atoms with Crippen molar-refractivity contribution in [1.82, 2.24) is 5.32 Å². The van der Waals surface area contributed by atoms with Crippen molar-refractivity contribution < 1.29 is 27.2 Å². The molecule has 0 heterocycles. The summed E-state index contributed by atoms with van der Waals surface area (Å²) in [5.74, 6) is -2.97. The minimum absolute atomic E-state index is 0.0484. The summed E-state index contributed by atoms with van der Waals surface area (Å²) in [6, 6.07) is -1.26. The van der Waals surface area contributed by atoms with Gasteiger partial charge in [-0.3, -0.25) is 9.59 Å². The van der Waals surface area contributed by atoms with Gasteiger partial charge < -0.3 is 9.74 Å². The van der Waals surface area contributed by atoms with Crippen molar-refractivity contribution in [1.29, 1.82) is 0 Å². The van der Waals surface area contributed by atoms with Crippen LogP contribution < -0.4 is 5.32 Å². The van der Waals surface area contributed by atoms with Crippen molar-refractivity contribution in [3.05, 3.63) is 0 Å². The summed E-state index contributed by atoms with van der Waals surface area (Å²) in [7, 11) is -2.21. The van der Waals surface area contributed by atoms with Crippen LogP contribution in [0.25, 0.3) is 0 Å². The second kappa shape index (κ2) is 6.40. The van der Waals surface area contributed by atoms with Gasteiger partial charge in [0.05, 0.1) is 0 Å². The van der Waals surface area contributed by atoms with Crippen LogP contribution >= 0.6 is 0 Å². The predicted molar refractivity (Wildman–Crippen MR) is 66.9 cm³/mol. The van der Waals surface area contributed by atoms with E-state index in [2.05, 4.69) is 0 Å². The number of halogens is 3. The molecule has 0 bridgehead atoms. The van der Waals surface area contributed by atoms with Crippen LogP contribution in [0.5, 0.6) is 0 Å². The molecule has 1 N–H and O–H groups in total. The molecule has 0 aliphatic heterocycles. The van der Waals surface area contributed by atoms with E-state index in [0.717, 1.165) is 0 Å². The summed E-state index contributed by atoms with van der Waals surface area (Å²) in [5, 5.41) is 1.69. The SMILES string of the molecule is CC(C)CC(NC(=O)C(F)(F)F)C(=O)O[Si](C)(C)C. The van der Waals surface area contributed by atoms with Gasteiger partial charge in [-0.05, 0) is 32.0 Å². The molecule has 1 unspecified atom stereocenters. The minimum atomic E-state index is -5.01. The Kier molecular flexibility index (Phi) is 6.05. The zero-order valence-corrected chi connectivity index (χ0v) is 12.7. The van der Waals surface area contributed by atoms with E-state index < -0.39 is 32.4 Å². The number of amides is 1. The lowest BCUT2D eigenvalue weighted by Gasteiger charge is -2.24. The summed E-state index contributed by atoms with van der Waals surface area (Å²) in [6.45, 7) is 8.71. The molecule has 0 aliphatic carbocycles. The molecule has 112 valence electrons. The maximum Gasteiger partial charge on any atom is 0.471 e. The molecule has 0 fully saturated rings. The molecule has 0 aromatic heterocycles. The largest absolute Gasteiger partial charge is 0.518 e. The summed E-state index contributed by atoms with van der Waals surface area (Å²) >= 11 is 0. The van der Waals surface area contributed by atoms with Crippen LogP contribution in [0.15, 0.2) is 0 Å². The maximum atomic E-state index is 12.2. The molecular formula is C11H20F3NO3Si. The van der Waals surface area contributed by atoms with Gasteiger partial charge in [0.1, 0.15) is 6.04 Å². The highest BCUT2D eigenvalue weighted by atomic mass is 28.4. The topological polar surface area (TPSA) is 55.4 Å². The number of carbonyl (C=O) groups is 2. The highest BCUT2D eigenvalue weighted by Gasteiger charge is 2.41. The maximum absolute atomic E-state index is 12.2. The van der Waals surface area contributed by atoms with Gasteiger partial charge in [-0.2, -0.15) is 13.2 Å². The van der Waals surface area contributed by atoms with E-state index in [1.54, 1.807) is 38.8 Å². The Labute approximate surface area is 111 Å². The lowest BCUT2D eigenvalue weighted by atomic mass is 10.0. The highest BCUT2D eigenvalue weighted by Crippen LogP contribution is 2.17. The van der Waals surface area contributed by atoms with Gasteiger partial charge in [-0.15, -0.1) is 0 Å². The van der Waals surface area contributed by atoms with Crippen molar-refractivity contribution >= 4 is 20.2 Å². The van der Waals surface area contributed by atoms with Crippen molar-refractivity contribution in [3.8, 4) is 0 Å². The Balaban J connectivity index is 4.82. The van der Waals surface area contributed by atoms with E-state index in [9.17, 15) is 22.8 Å². The molecule has 4 nitrogen and oxygen atoms in total. The molecule has 0 rings (SSSR count). The molecule has 0 aromatic carbocycles. The summed E-state index contributed by atoms with van der Waals surface area (Å²) < 4.78 is 41.7. The third-order valence-corrected chi connectivity index (χ3v) is 2.77. The zero-order chi connectivity index (χ0) is 15.4. The third kappa shape index (κ3) is 7.86. The van der Waals surface area contributed by atoms with Crippen LogP contribution in [0, 0.1) is 5.92 Å². The Morgan fingerprint density at radius 3 is 2.00 bits per heavy atom. The fraction of sp³-hybridized carbons (Fsp3) is 0.818. The Hall–Kier alpha value is -1.05. The van der Waals surface area contributed by atoms with Crippen LogP contribution in [0.3, 0.4) is 0 Å². The van der Waals surface area contributed by atoms with Crippen LogP contribution in [0.2, 0.25) is 19.6 Å². The van der Waals surface area contributed by atoms with E-state index in [0.29, 0.717) is 0 Å². The molecule has 0 aliphatic rings. The number of carbonyl (C=O) groups excluding carboxylic acids is 2. The number of nitrogens with one attached hydrogen (secondary N) is 1. The molecule has 8 heteroatoms. The van der Waals surface area contributed by atoms with Gasteiger partial charge in [-0.1, -0.05) is 13.8 Å². The van der Waals surface area contributed by atoms with Gasteiger partial charge >= 0.3 is 18.1 Å². The van der Waals surface area contributed by atoms with E-state index in [1.165, 1.54) is 0 Å². The van der Waals surface area contributed by atoms with Crippen LogP contribution in [-0.4, -0.2) is 32.4 Å². The summed E-state index contributed by atoms with van der Waals surface area (Å²) in [6.07, 6.45) is -4.90. The quantitative estimate of drug-likeness (QED) is 0.793. The van der Waals surface area contributed by atoms with Crippen LogP contribution in [0.4, 0.5) is 13.2 Å². The standard InChI is InChI=1S/C11H20F3NO3Si/c1-7(2)6-8(9(16)18-19(3,4)5)15-10(17)11(12,13)14/h7-8H,6H2,1-5H3,(H,15,17). The van der Waals surface area contributed by atoms with Crippen LogP contribution in [0.1, 0.15) is 20.3 Å². The molecule has 1 amide bonds. The summed E-state index contributed by atoms with van der Waals surface area (Å²) in [5.41, 5.74) is 0. The molecule has 19 heavy (non-hydrogen) atoms. The zero-order valence-electron chi connectivity index (χ0n) is 11.7. The van der Waals surface area contributed by atoms with E-state index >= 15 is 0 Å². The van der Waals surface area contributed by atoms with Gasteiger partial charge in [0, 0.05) is 0 Å². The molecule has 1 atom stereocenters. The number of hydrogen-bond acceptors (Lipinski definition) is 3. The molecular weight excluding hydrogens is 279 g/mol. The average Bonchev–Trinajstić information content (AvgIpc) is 2.11. The molecule has 0 aromatic rings. The second-order valence-corrected chi connectivity index (χ2v) is 10.1. The van der Waals surface area contributed by atoms with Crippen molar-refractivity contribution in [2.75, 3.05) is 0 Å². The molecule has 0 radical (unpaired) electrons. The fourth-order valence-electron chi connectivity index (χ4n) is 1.30. The lowest BCUT2D eigenvalue weighted by Crippen LogP contribution is -2.49. The predicted octanol–water partition coefficient (Wildman–Crippen LogP) is 2.46. The van der Waals surface area contributed by atoms with Gasteiger partial charge in [-0.25, -0.2) is 0 Å². The van der Waals surface area contributed by atoms with Crippen molar-refractivity contribution in [2.24, 2.45) is 5.92 Å². The van der Waals surface area contributed by atoms with E-state index in [4.69, 9.17) is 4.43 Å². The normalized spacial score (nSPS) is 14.2. The Morgan fingerprint density at radius 1 is 1.21 bits per heavy atom. The first-order valence-corrected chi connectivity index (χ1v) is 9.34. The van der Waals surface area contributed by atoms with Crippen molar-refractivity contribution in [2.45, 2.75) is 52.1 Å². The molecule has 0 spiro atoms. The molecule has 0 saturated heterocycles. The number of hydrogen-bond donors (Lipinski definition) is 1. The van der Waals surface area contributed by atoms with Gasteiger partial charge in [0.15, 0.2) is 0 Å². The second-order valence-electron chi connectivity index (χ2n) is 5.69.